The quantitative estimate of drug-likeness (QED) is 0.755. The van der Waals surface area contributed by atoms with Crippen molar-refractivity contribution in [3.05, 3.63) is 29.6 Å². The number of hydrogen-bond acceptors (Lipinski definition) is 3. The fraction of sp³-hybridized carbons (Fsp3) is 0.647. The molecule has 0 spiro atoms. The van der Waals surface area contributed by atoms with Crippen LogP contribution in [0.2, 0.25) is 0 Å². The highest BCUT2D eigenvalue weighted by molar-refractivity contribution is 5.54. The molecule has 0 amide bonds. The number of hydrogen-bond donors (Lipinski definition) is 1. The summed E-state index contributed by atoms with van der Waals surface area (Å²) >= 11 is 0. The van der Waals surface area contributed by atoms with Crippen molar-refractivity contribution in [2.24, 2.45) is 5.92 Å². The molecule has 0 atom stereocenters. The molecule has 21 heavy (non-hydrogen) atoms. The van der Waals surface area contributed by atoms with Gasteiger partial charge in [-0.15, -0.1) is 0 Å². The summed E-state index contributed by atoms with van der Waals surface area (Å²) in [7, 11) is 1.91. The van der Waals surface area contributed by atoms with Gasteiger partial charge in [0.15, 0.2) is 0 Å². The number of benzene rings is 1. The number of ether oxygens (including phenoxy) is 1. The van der Waals surface area contributed by atoms with Gasteiger partial charge < -0.3 is 15.0 Å². The van der Waals surface area contributed by atoms with Gasteiger partial charge in [-0.2, -0.15) is 0 Å². The number of anilines is 1. The second-order valence-corrected chi connectivity index (χ2v) is 6.11. The first-order valence-corrected chi connectivity index (χ1v) is 7.72. The lowest BCUT2D eigenvalue weighted by atomic mass is 10.1. The van der Waals surface area contributed by atoms with Gasteiger partial charge in [-0.3, -0.25) is 0 Å². The van der Waals surface area contributed by atoms with E-state index in [9.17, 15) is 4.39 Å². The van der Waals surface area contributed by atoms with Gasteiger partial charge in [0.05, 0.1) is 18.4 Å². The topological polar surface area (TPSA) is 24.5 Å². The van der Waals surface area contributed by atoms with Crippen LogP contribution < -0.4 is 10.2 Å². The lowest BCUT2D eigenvalue weighted by Gasteiger charge is -2.24. The first-order chi connectivity index (χ1) is 9.91. The molecule has 0 aromatic heterocycles. The molecule has 0 heterocycles. The first-order valence-electron chi connectivity index (χ1n) is 7.72. The van der Waals surface area contributed by atoms with Crippen LogP contribution >= 0.6 is 0 Å². The minimum atomic E-state index is -0.175. The molecule has 0 unspecified atom stereocenters. The molecule has 0 bridgehead atoms. The van der Waals surface area contributed by atoms with Crippen molar-refractivity contribution < 1.29 is 9.13 Å². The van der Waals surface area contributed by atoms with E-state index in [1.807, 2.05) is 31.9 Å². The number of halogens is 1. The lowest BCUT2D eigenvalue weighted by Crippen LogP contribution is -2.27. The average Bonchev–Trinajstić information content (AvgIpc) is 2.37. The number of rotatable bonds is 9. The fourth-order valence-corrected chi connectivity index (χ4v) is 2.16. The van der Waals surface area contributed by atoms with Gasteiger partial charge in [0, 0.05) is 20.1 Å². The molecule has 4 heteroatoms. The summed E-state index contributed by atoms with van der Waals surface area (Å²) in [6.45, 7) is 11.2. The normalized spacial score (nSPS) is 11.4. The molecule has 0 aliphatic rings. The summed E-state index contributed by atoms with van der Waals surface area (Å²) in [5, 5.41) is 3.37. The zero-order chi connectivity index (χ0) is 15.8. The predicted octanol–water partition coefficient (Wildman–Crippen LogP) is 3.43. The molecule has 3 nitrogen and oxygen atoms in total. The van der Waals surface area contributed by atoms with E-state index in [1.54, 1.807) is 6.07 Å². The highest BCUT2D eigenvalue weighted by atomic mass is 19.1. The highest BCUT2D eigenvalue weighted by Crippen LogP contribution is 2.23. The van der Waals surface area contributed by atoms with Gasteiger partial charge in [0.1, 0.15) is 5.82 Å². The van der Waals surface area contributed by atoms with Gasteiger partial charge in [0.2, 0.25) is 0 Å². The number of para-hydroxylation sites is 1. The SMILES string of the molecule is CC(C)CNCc1cccc(F)c1N(C)CCOC(C)C. The maximum Gasteiger partial charge on any atom is 0.146 e. The van der Waals surface area contributed by atoms with Crippen LogP contribution in [0.4, 0.5) is 10.1 Å². The minimum absolute atomic E-state index is 0.175. The van der Waals surface area contributed by atoms with Crippen molar-refractivity contribution in [2.45, 2.75) is 40.3 Å². The van der Waals surface area contributed by atoms with Crippen LogP contribution in [0.5, 0.6) is 0 Å². The van der Waals surface area contributed by atoms with E-state index in [4.69, 9.17) is 4.74 Å². The van der Waals surface area contributed by atoms with Gasteiger partial charge in [-0.1, -0.05) is 26.0 Å². The van der Waals surface area contributed by atoms with E-state index >= 15 is 0 Å². The van der Waals surface area contributed by atoms with Crippen molar-refractivity contribution in [1.29, 1.82) is 0 Å². The van der Waals surface area contributed by atoms with Crippen LogP contribution in [0.1, 0.15) is 33.3 Å². The second-order valence-electron chi connectivity index (χ2n) is 6.11. The third-order valence-electron chi connectivity index (χ3n) is 3.20. The van der Waals surface area contributed by atoms with E-state index < -0.39 is 0 Å². The van der Waals surface area contributed by atoms with Crippen LogP contribution in [-0.4, -0.2) is 32.8 Å². The molecular weight excluding hydrogens is 267 g/mol. The number of likely N-dealkylation sites (N-methyl/N-ethyl adjacent to an activating group) is 1. The van der Waals surface area contributed by atoms with Crippen LogP contribution in [0.3, 0.4) is 0 Å². The maximum atomic E-state index is 14.2. The molecule has 0 fully saturated rings. The smallest absolute Gasteiger partial charge is 0.146 e. The Labute approximate surface area is 128 Å². The molecule has 120 valence electrons. The lowest BCUT2D eigenvalue weighted by molar-refractivity contribution is 0.0845. The molecule has 1 rings (SSSR count). The molecule has 1 N–H and O–H groups in total. The molecule has 1 aromatic carbocycles. The van der Waals surface area contributed by atoms with Crippen LogP contribution in [0.15, 0.2) is 18.2 Å². The summed E-state index contributed by atoms with van der Waals surface area (Å²) in [4.78, 5) is 1.93. The van der Waals surface area contributed by atoms with Crippen molar-refractivity contribution in [3.8, 4) is 0 Å². The van der Waals surface area contributed by atoms with Gasteiger partial charge in [-0.25, -0.2) is 4.39 Å². The van der Waals surface area contributed by atoms with Crippen molar-refractivity contribution in [2.75, 3.05) is 31.6 Å². The summed E-state index contributed by atoms with van der Waals surface area (Å²) in [6, 6.07) is 5.26. The third kappa shape index (κ3) is 6.44. The first kappa shape index (κ1) is 17.9. The molecular formula is C17H29FN2O. The van der Waals surface area contributed by atoms with E-state index in [0.29, 0.717) is 31.3 Å². The zero-order valence-electron chi connectivity index (χ0n) is 13.9. The van der Waals surface area contributed by atoms with E-state index in [-0.39, 0.29) is 11.9 Å². The van der Waals surface area contributed by atoms with Gasteiger partial charge in [0.25, 0.3) is 0 Å². The predicted molar refractivity (Wildman–Crippen MR) is 87.3 cm³/mol. The Morgan fingerprint density at radius 3 is 2.57 bits per heavy atom. The molecule has 1 aromatic rings. The average molecular weight is 296 g/mol. The monoisotopic (exact) mass is 296 g/mol. The zero-order valence-corrected chi connectivity index (χ0v) is 13.9. The Balaban J connectivity index is 2.69. The van der Waals surface area contributed by atoms with Crippen LogP contribution in [0.25, 0.3) is 0 Å². The Hall–Kier alpha value is -1.13. The summed E-state index contributed by atoms with van der Waals surface area (Å²) < 4.78 is 19.7. The van der Waals surface area contributed by atoms with E-state index in [1.165, 1.54) is 6.07 Å². The molecule has 0 aliphatic carbocycles. The summed E-state index contributed by atoms with van der Waals surface area (Å²) in [5.74, 6) is 0.407. The summed E-state index contributed by atoms with van der Waals surface area (Å²) in [5.41, 5.74) is 1.66. The Morgan fingerprint density at radius 2 is 1.95 bits per heavy atom. The van der Waals surface area contributed by atoms with Gasteiger partial charge >= 0.3 is 0 Å². The molecule has 0 radical (unpaired) electrons. The third-order valence-corrected chi connectivity index (χ3v) is 3.20. The Morgan fingerprint density at radius 1 is 1.24 bits per heavy atom. The van der Waals surface area contributed by atoms with Gasteiger partial charge in [-0.05, 0) is 37.9 Å². The number of nitrogens with one attached hydrogen (secondary N) is 1. The molecule has 0 saturated heterocycles. The molecule has 0 aliphatic heterocycles. The van der Waals surface area contributed by atoms with Crippen molar-refractivity contribution >= 4 is 5.69 Å². The Bertz CT molecular complexity index is 421. The van der Waals surface area contributed by atoms with E-state index in [2.05, 4.69) is 19.2 Å². The maximum absolute atomic E-state index is 14.2. The van der Waals surface area contributed by atoms with E-state index in [0.717, 1.165) is 12.1 Å². The highest BCUT2D eigenvalue weighted by Gasteiger charge is 2.13. The number of nitrogens with zero attached hydrogens (tertiary/aromatic N) is 1. The minimum Gasteiger partial charge on any atom is -0.377 e. The Kier molecular flexibility index (Phi) is 7.68. The standard InChI is InChI=1S/C17H29FN2O/c1-13(2)11-19-12-15-7-6-8-16(18)17(15)20(5)9-10-21-14(3)4/h6-8,13-14,19H,9-12H2,1-5H3. The van der Waals surface area contributed by atoms with Crippen molar-refractivity contribution in [3.63, 3.8) is 0 Å². The molecule has 0 saturated carbocycles. The van der Waals surface area contributed by atoms with Crippen LogP contribution in [-0.2, 0) is 11.3 Å². The van der Waals surface area contributed by atoms with Crippen LogP contribution in [0, 0.1) is 11.7 Å². The largest absolute Gasteiger partial charge is 0.377 e. The van der Waals surface area contributed by atoms with Crippen molar-refractivity contribution in [1.82, 2.24) is 5.32 Å². The second kappa shape index (κ2) is 9.00. The fourth-order valence-electron chi connectivity index (χ4n) is 2.16. The summed E-state index contributed by atoms with van der Waals surface area (Å²) in [6.07, 6.45) is 0.200.